The van der Waals surface area contributed by atoms with Crippen molar-refractivity contribution >= 4 is 11.4 Å². The molecule has 104 valence electrons. The minimum atomic E-state index is -0.830. The highest BCUT2D eigenvalue weighted by Gasteiger charge is 2.29. The van der Waals surface area contributed by atoms with Gasteiger partial charge in [-0.1, -0.05) is 18.9 Å². The quantitative estimate of drug-likeness (QED) is 0.675. The van der Waals surface area contributed by atoms with Crippen LogP contribution in [0.3, 0.4) is 0 Å². The lowest BCUT2D eigenvalue weighted by atomic mass is 10.1. The van der Waals surface area contributed by atoms with Crippen LogP contribution in [0.1, 0.15) is 25.7 Å². The molecule has 6 heteroatoms. The van der Waals surface area contributed by atoms with Crippen molar-refractivity contribution in [1.82, 2.24) is 0 Å². The summed E-state index contributed by atoms with van der Waals surface area (Å²) >= 11 is 0. The Balaban J connectivity index is 2.43. The molecule has 1 N–H and O–H groups in total. The molecule has 5 nitrogen and oxygen atoms in total. The van der Waals surface area contributed by atoms with Crippen molar-refractivity contribution in [2.75, 3.05) is 18.1 Å². The molecule has 1 aromatic rings. The van der Waals surface area contributed by atoms with Crippen LogP contribution in [-0.2, 0) is 0 Å². The lowest BCUT2D eigenvalue weighted by molar-refractivity contribution is -0.386. The van der Waals surface area contributed by atoms with E-state index in [1.165, 1.54) is 6.07 Å². The van der Waals surface area contributed by atoms with Gasteiger partial charge in [-0.25, -0.2) is 0 Å². The molecule has 1 aliphatic heterocycles. The monoisotopic (exact) mass is 268 g/mol. The second-order valence-electron chi connectivity index (χ2n) is 4.74. The van der Waals surface area contributed by atoms with E-state index in [1.54, 1.807) is 11.0 Å². The summed E-state index contributed by atoms with van der Waals surface area (Å²) in [5.41, 5.74) is -0.228. The first kappa shape index (κ1) is 13.7. The summed E-state index contributed by atoms with van der Waals surface area (Å²) in [4.78, 5) is 12.1. The van der Waals surface area contributed by atoms with E-state index in [-0.39, 0.29) is 18.3 Å². The van der Waals surface area contributed by atoms with Gasteiger partial charge in [-0.05, 0) is 25.0 Å². The van der Waals surface area contributed by atoms with Crippen LogP contribution in [0.4, 0.5) is 15.8 Å². The zero-order valence-corrected chi connectivity index (χ0v) is 10.6. The fraction of sp³-hybridized carbons (Fsp3) is 0.538. The Kier molecular flexibility index (Phi) is 4.31. The fourth-order valence-corrected chi connectivity index (χ4v) is 2.60. The van der Waals surface area contributed by atoms with Crippen LogP contribution in [0.25, 0.3) is 0 Å². The van der Waals surface area contributed by atoms with E-state index in [0.29, 0.717) is 6.54 Å². The summed E-state index contributed by atoms with van der Waals surface area (Å²) in [6, 6.07) is 3.93. The Morgan fingerprint density at radius 1 is 1.42 bits per heavy atom. The minimum Gasteiger partial charge on any atom is -0.394 e. The number of hydrogen-bond donors (Lipinski definition) is 1. The van der Waals surface area contributed by atoms with Crippen LogP contribution in [0.15, 0.2) is 18.2 Å². The van der Waals surface area contributed by atoms with Gasteiger partial charge < -0.3 is 10.0 Å². The third kappa shape index (κ3) is 2.84. The average molecular weight is 268 g/mol. The Labute approximate surface area is 110 Å². The largest absolute Gasteiger partial charge is 0.394 e. The van der Waals surface area contributed by atoms with Crippen molar-refractivity contribution in [1.29, 1.82) is 0 Å². The molecular weight excluding hydrogens is 251 g/mol. The topological polar surface area (TPSA) is 66.6 Å². The third-order valence-corrected chi connectivity index (χ3v) is 3.55. The maximum atomic E-state index is 13.7. The van der Waals surface area contributed by atoms with Crippen LogP contribution >= 0.6 is 0 Å². The van der Waals surface area contributed by atoms with E-state index in [0.717, 1.165) is 31.7 Å². The van der Waals surface area contributed by atoms with Gasteiger partial charge in [0, 0.05) is 6.54 Å². The Hall–Kier alpha value is -1.69. The van der Waals surface area contributed by atoms with Crippen molar-refractivity contribution in [2.24, 2.45) is 0 Å². The first-order valence-electron chi connectivity index (χ1n) is 6.45. The maximum absolute atomic E-state index is 13.7. The summed E-state index contributed by atoms with van der Waals surface area (Å²) in [5, 5.41) is 20.5. The van der Waals surface area contributed by atoms with Crippen LogP contribution in [-0.4, -0.2) is 29.2 Å². The van der Waals surface area contributed by atoms with Crippen molar-refractivity contribution in [2.45, 2.75) is 31.7 Å². The number of para-hydroxylation sites is 1. The number of nitro benzene ring substituents is 1. The summed E-state index contributed by atoms with van der Waals surface area (Å²) in [7, 11) is 0. The van der Waals surface area contributed by atoms with Gasteiger partial charge in [0.15, 0.2) is 0 Å². The number of anilines is 1. The highest BCUT2D eigenvalue weighted by atomic mass is 19.1. The molecule has 1 heterocycles. The van der Waals surface area contributed by atoms with Gasteiger partial charge in [0.05, 0.1) is 17.6 Å². The van der Waals surface area contributed by atoms with E-state index in [1.807, 2.05) is 0 Å². The number of aliphatic hydroxyl groups is 1. The number of nitro groups is 1. The molecule has 1 aromatic carbocycles. The van der Waals surface area contributed by atoms with Crippen LogP contribution in [0, 0.1) is 15.9 Å². The Bertz CT molecular complexity index is 467. The first-order valence-corrected chi connectivity index (χ1v) is 6.45. The minimum absolute atomic E-state index is 0.0757. The Morgan fingerprint density at radius 2 is 2.21 bits per heavy atom. The van der Waals surface area contributed by atoms with Crippen molar-refractivity contribution < 1.29 is 14.4 Å². The zero-order valence-electron chi connectivity index (χ0n) is 10.6. The summed E-state index contributed by atoms with van der Waals surface area (Å²) in [6.45, 7) is 0.531. The van der Waals surface area contributed by atoms with Crippen molar-refractivity contribution in [3.8, 4) is 0 Å². The number of halogens is 1. The molecule has 0 aliphatic carbocycles. The Morgan fingerprint density at radius 3 is 2.89 bits per heavy atom. The van der Waals surface area contributed by atoms with Gasteiger partial charge in [-0.3, -0.25) is 10.1 Å². The lowest BCUT2D eigenvalue weighted by Crippen LogP contribution is -2.38. The van der Waals surface area contributed by atoms with Gasteiger partial charge in [0.2, 0.25) is 5.82 Å². The molecule has 0 saturated carbocycles. The summed E-state index contributed by atoms with van der Waals surface area (Å²) in [5.74, 6) is -0.830. The average Bonchev–Trinajstić information content (AvgIpc) is 2.62. The molecule has 0 bridgehead atoms. The molecule has 1 fully saturated rings. The SMILES string of the molecule is O=[N+]([O-])c1c(F)cccc1N1CCCCCC1CO. The highest BCUT2D eigenvalue weighted by molar-refractivity contribution is 5.64. The van der Waals surface area contributed by atoms with E-state index in [9.17, 15) is 19.6 Å². The normalized spacial score (nSPS) is 20.1. The lowest BCUT2D eigenvalue weighted by Gasteiger charge is -2.30. The second kappa shape index (κ2) is 5.97. The van der Waals surface area contributed by atoms with Gasteiger partial charge in [-0.15, -0.1) is 0 Å². The molecule has 1 atom stereocenters. The second-order valence-corrected chi connectivity index (χ2v) is 4.74. The highest BCUT2D eigenvalue weighted by Crippen LogP contribution is 2.34. The number of aliphatic hydroxyl groups excluding tert-OH is 1. The maximum Gasteiger partial charge on any atom is 0.327 e. The molecule has 1 saturated heterocycles. The molecular formula is C13H17FN2O3. The number of hydrogen-bond acceptors (Lipinski definition) is 4. The van der Waals surface area contributed by atoms with Crippen LogP contribution in [0.2, 0.25) is 0 Å². The molecule has 0 spiro atoms. The van der Waals surface area contributed by atoms with Crippen LogP contribution < -0.4 is 4.90 Å². The first-order chi connectivity index (χ1) is 9.15. The summed E-state index contributed by atoms with van der Waals surface area (Å²) in [6.07, 6.45) is 3.66. The predicted molar refractivity (Wildman–Crippen MR) is 69.7 cm³/mol. The van der Waals surface area contributed by atoms with E-state index in [4.69, 9.17) is 0 Å². The van der Waals surface area contributed by atoms with E-state index >= 15 is 0 Å². The molecule has 1 unspecified atom stereocenters. The van der Waals surface area contributed by atoms with Crippen molar-refractivity contribution in [3.05, 3.63) is 34.1 Å². The van der Waals surface area contributed by atoms with Crippen LogP contribution in [0.5, 0.6) is 0 Å². The number of rotatable bonds is 3. The predicted octanol–water partition coefficient (Wildman–Crippen LogP) is 2.48. The molecule has 1 aliphatic rings. The molecule has 0 radical (unpaired) electrons. The molecule has 19 heavy (non-hydrogen) atoms. The van der Waals surface area contributed by atoms with E-state index in [2.05, 4.69) is 0 Å². The fourth-order valence-electron chi connectivity index (χ4n) is 2.60. The van der Waals surface area contributed by atoms with Gasteiger partial charge in [0.25, 0.3) is 0 Å². The summed E-state index contributed by atoms with van der Waals surface area (Å²) < 4.78 is 13.7. The van der Waals surface area contributed by atoms with Gasteiger partial charge >= 0.3 is 5.69 Å². The zero-order chi connectivity index (χ0) is 13.8. The molecule has 0 amide bonds. The van der Waals surface area contributed by atoms with Crippen molar-refractivity contribution in [3.63, 3.8) is 0 Å². The van der Waals surface area contributed by atoms with Gasteiger partial charge in [-0.2, -0.15) is 4.39 Å². The number of benzene rings is 1. The van der Waals surface area contributed by atoms with E-state index < -0.39 is 16.4 Å². The number of nitrogens with zero attached hydrogens (tertiary/aromatic N) is 2. The van der Waals surface area contributed by atoms with Gasteiger partial charge in [0.1, 0.15) is 5.69 Å². The smallest absolute Gasteiger partial charge is 0.327 e. The third-order valence-electron chi connectivity index (χ3n) is 3.55. The molecule has 2 rings (SSSR count). The molecule has 0 aromatic heterocycles. The standard InChI is InChI=1S/C13H17FN2O3/c14-11-6-4-7-12(13(11)16(18)19)15-8-3-1-2-5-10(15)9-17/h4,6-7,10,17H,1-3,5,8-9H2.